The number of nitrogens with zero attached hydrogens (tertiary/aromatic N) is 2. The maximum absolute atomic E-state index is 12.2. The number of nitriles is 1. The molecular formula is C18H17N3O2. The number of aromatic nitrogens is 1. The van der Waals surface area contributed by atoms with Crippen LogP contribution in [0, 0.1) is 18.3 Å². The van der Waals surface area contributed by atoms with Crippen molar-refractivity contribution in [1.29, 1.82) is 5.26 Å². The van der Waals surface area contributed by atoms with Crippen LogP contribution in [-0.4, -0.2) is 17.5 Å². The lowest BCUT2D eigenvalue weighted by Gasteiger charge is -2.05. The monoisotopic (exact) mass is 307 g/mol. The molecule has 0 atom stereocenters. The van der Waals surface area contributed by atoms with E-state index in [0.717, 1.165) is 17.0 Å². The van der Waals surface area contributed by atoms with Gasteiger partial charge in [0.25, 0.3) is 5.91 Å². The third kappa shape index (κ3) is 4.68. The number of benzene rings is 1. The van der Waals surface area contributed by atoms with Gasteiger partial charge in [0, 0.05) is 5.69 Å². The standard InChI is InChI=1S/C18H17N3O2/c1-3-23-16-9-7-14(8-10-16)11-15(12-19)18(22)21-17-6-4-5-13(2)20-17/h4-11H,3H2,1-2H3,(H,20,21,22)/b15-11+. The van der Waals surface area contributed by atoms with Crippen LogP contribution in [0.15, 0.2) is 48.0 Å². The summed E-state index contributed by atoms with van der Waals surface area (Å²) in [7, 11) is 0. The van der Waals surface area contributed by atoms with E-state index >= 15 is 0 Å². The number of nitrogens with one attached hydrogen (secondary N) is 1. The van der Waals surface area contributed by atoms with E-state index in [1.165, 1.54) is 6.08 Å². The van der Waals surface area contributed by atoms with Gasteiger partial charge in [-0.2, -0.15) is 5.26 Å². The van der Waals surface area contributed by atoms with Crippen molar-refractivity contribution in [1.82, 2.24) is 4.98 Å². The maximum Gasteiger partial charge on any atom is 0.267 e. The summed E-state index contributed by atoms with van der Waals surface area (Å²) in [6.45, 7) is 4.33. The van der Waals surface area contributed by atoms with E-state index in [4.69, 9.17) is 4.74 Å². The van der Waals surface area contributed by atoms with E-state index < -0.39 is 5.91 Å². The van der Waals surface area contributed by atoms with Crippen molar-refractivity contribution in [2.24, 2.45) is 0 Å². The zero-order chi connectivity index (χ0) is 16.7. The summed E-state index contributed by atoms with van der Waals surface area (Å²) in [5, 5.41) is 11.8. The van der Waals surface area contributed by atoms with E-state index in [1.807, 2.05) is 26.0 Å². The number of hydrogen-bond donors (Lipinski definition) is 1. The smallest absolute Gasteiger partial charge is 0.267 e. The topological polar surface area (TPSA) is 75.0 Å². The first-order valence-electron chi connectivity index (χ1n) is 7.22. The Morgan fingerprint density at radius 3 is 2.65 bits per heavy atom. The minimum atomic E-state index is -0.487. The minimum absolute atomic E-state index is 0.0115. The highest BCUT2D eigenvalue weighted by atomic mass is 16.5. The highest BCUT2D eigenvalue weighted by Gasteiger charge is 2.10. The molecule has 0 radical (unpaired) electrons. The van der Waals surface area contributed by atoms with Crippen LogP contribution in [-0.2, 0) is 4.79 Å². The Kier molecular flexibility index (Phi) is 5.48. The van der Waals surface area contributed by atoms with Crippen molar-refractivity contribution in [3.8, 4) is 11.8 Å². The van der Waals surface area contributed by atoms with E-state index in [2.05, 4.69) is 10.3 Å². The molecule has 1 aromatic heterocycles. The summed E-state index contributed by atoms with van der Waals surface area (Å²) in [6, 6.07) is 14.4. The summed E-state index contributed by atoms with van der Waals surface area (Å²) < 4.78 is 5.36. The van der Waals surface area contributed by atoms with Crippen LogP contribution >= 0.6 is 0 Å². The van der Waals surface area contributed by atoms with Crippen LogP contribution in [0.25, 0.3) is 6.08 Å². The van der Waals surface area contributed by atoms with Crippen LogP contribution < -0.4 is 10.1 Å². The summed E-state index contributed by atoms with van der Waals surface area (Å²) >= 11 is 0. The van der Waals surface area contributed by atoms with Gasteiger partial charge in [-0.3, -0.25) is 4.79 Å². The molecule has 2 aromatic rings. The van der Waals surface area contributed by atoms with Crippen molar-refractivity contribution in [3.05, 3.63) is 59.3 Å². The molecule has 5 heteroatoms. The first kappa shape index (κ1) is 16.2. The first-order chi connectivity index (χ1) is 11.1. The molecule has 1 amide bonds. The Hall–Kier alpha value is -3.13. The van der Waals surface area contributed by atoms with Crippen LogP contribution in [0.1, 0.15) is 18.2 Å². The molecule has 0 aliphatic carbocycles. The van der Waals surface area contributed by atoms with Gasteiger partial charge in [0.05, 0.1) is 6.61 Å². The van der Waals surface area contributed by atoms with Gasteiger partial charge in [-0.1, -0.05) is 18.2 Å². The lowest BCUT2D eigenvalue weighted by atomic mass is 10.1. The average Bonchev–Trinajstić information content (AvgIpc) is 2.54. The lowest BCUT2D eigenvalue weighted by molar-refractivity contribution is -0.112. The molecule has 1 aromatic carbocycles. The molecule has 0 unspecified atom stereocenters. The zero-order valence-corrected chi connectivity index (χ0v) is 13.0. The fourth-order valence-corrected chi connectivity index (χ4v) is 1.94. The fourth-order valence-electron chi connectivity index (χ4n) is 1.94. The summed E-state index contributed by atoms with van der Waals surface area (Å²) in [5.74, 6) is 0.680. The molecule has 0 saturated heterocycles. The van der Waals surface area contributed by atoms with Gasteiger partial charge >= 0.3 is 0 Å². The number of carbonyl (C=O) groups excluding carboxylic acids is 1. The lowest BCUT2D eigenvalue weighted by Crippen LogP contribution is -2.14. The Morgan fingerprint density at radius 1 is 1.30 bits per heavy atom. The van der Waals surface area contributed by atoms with Gasteiger partial charge in [-0.15, -0.1) is 0 Å². The van der Waals surface area contributed by atoms with Crippen LogP contribution in [0.5, 0.6) is 5.75 Å². The molecule has 5 nitrogen and oxygen atoms in total. The third-order valence-electron chi connectivity index (χ3n) is 3.00. The van der Waals surface area contributed by atoms with Gasteiger partial charge in [-0.25, -0.2) is 4.98 Å². The van der Waals surface area contributed by atoms with E-state index in [-0.39, 0.29) is 5.57 Å². The number of anilines is 1. The van der Waals surface area contributed by atoms with Gasteiger partial charge in [0.15, 0.2) is 0 Å². The Bertz CT molecular complexity index is 759. The van der Waals surface area contributed by atoms with Gasteiger partial charge < -0.3 is 10.1 Å². The number of ether oxygens (including phenoxy) is 1. The molecule has 1 heterocycles. The van der Waals surface area contributed by atoms with Gasteiger partial charge in [0.1, 0.15) is 23.2 Å². The predicted molar refractivity (Wildman–Crippen MR) is 88.8 cm³/mol. The number of hydrogen-bond acceptors (Lipinski definition) is 4. The Balaban J connectivity index is 2.14. The summed E-state index contributed by atoms with van der Waals surface area (Å²) in [6.07, 6.45) is 1.53. The zero-order valence-electron chi connectivity index (χ0n) is 13.0. The fraction of sp³-hybridized carbons (Fsp3) is 0.167. The van der Waals surface area contributed by atoms with Crippen LogP contribution in [0.4, 0.5) is 5.82 Å². The summed E-state index contributed by atoms with van der Waals surface area (Å²) in [5.41, 5.74) is 1.55. The van der Waals surface area contributed by atoms with Crippen molar-refractivity contribution in [2.45, 2.75) is 13.8 Å². The molecule has 0 aliphatic heterocycles. The van der Waals surface area contributed by atoms with Crippen molar-refractivity contribution < 1.29 is 9.53 Å². The van der Waals surface area contributed by atoms with E-state index in [9.17, 15) is 10.1 Å². The number of amides is 1. The molecule has 23 heavy (non-hydrogen) atoms. The Labute approximate surface area is 135 Å². The largest absolute Gasteiger partial charge is 0.494 e. The van der Waals surface area contributed by atoms with Crippen molar-refractivity contribution >= 4 is 17.8 Å². The van der Waals surface area contributed by atoms with Gasteiger partial charge in [0.2, 0.25) is 0 Å². The van der Waals surface area contributed by atoms with Crippen molar-refractivity contribution in [3.63, 3.8) is 0 Å². The molecule has 116 valence electrons. The molecule has 0 spiro atoms. The second kappa shape index (κ2) is 7.76. The average molecular weight is 307 g/mol. The minimum Gasteiger partial charge on any atom is -0.494 e. The molecule has 0 fully saturated rings. The summed E-state index contributed by atoms with van der Waals surface area (Å²) in [4.78, 5) is 16.3. The SMILES string of the molecule is CCOc1ccc(/C=C(\C#N)C(=O)Nc2cccc(C)n2)cc1. The van der Waals surface area contributed by atoms with Gasteiger partial charge in [-0.05, 0) is 49.8 Å². The molecular weight excluding hydrogens is 290 g/mol. The quantitative estimate of drug-likeness (QED) is 0.679. The van der Waals surface area contributed by atoms with E-state index in [0.29, 0.717) is 12.4 Å². The molecule has 1 N–H and O–H groups in total. The first-order valence-corrected chi connectivity index (χ1v) is 7.22. The van der Waals surface area contributed by atoms with Crippen molar-refractivity contribution in [2.75, 3.05) is 11.9 Å². The second-order valence-corrected chi connectivity index (χ2v) is 4.79. The maximum atomic E-state index is 12.2. The number of aryl methyl sites for hydroxylation is 1. The van der Waals surface area contributed by atoms with Crippen LogP contribution in [0.2, 0.25) is 0 Å². The Morgan fingerprint density at radius 2 is 2.04 bits per heavy atom. The highest BCUT2D eigenvalue weighted by Crippen LogP contribution is 2.15. The second-order valence-electron chi connectivity index (χ2n) is 4.79. The number of rotatable bonds is 5. The molecule has 2 rings (SSSR count). The molecule has 0 saturated carbocycles. The number of carbonyl (C=O) groups is 1. The molecule has 0 aliphatic rings. The third-order valence-corrected chi connectivity index (χ3v) is 3.00. The normalized spacial score (nSPS) is 10.7. The number of pyridine rings is 1. The molecule has 0 bridgehead atoms. The van der Waals surface area contributed by atoms with Crippen LogP contribution in [0.3, 0.4) is 0 Å². The highest BCUT2D eigenvalue weighted by molar-refractivity contribution is 6.09. The predicted octanol–water partition coefficient (Wildman–Crippen LogP) is 3.33. The van der Waals surface area contributed by atoms with E-state index in [1.54, 1.807) is 36.4 Å².